The predicted molar refractivity (Wildman–Crippen MR) is 120 cm³/mol. The summed E-state index contributed by atoms with van der Waals surface area (Å²) in [7, 11) is 2.02. The molecule has 5 rings (SSSR count). The number of carbonyl (C=O) groups is 1. The van der Waals surface area contributed by atoms with Crippen molar-refractivity contribution in [3.63, 3.8) is 0 Å². The maximum absolute atomic E-state index is 13.0. The molecule has 1 saturated heterocycles. The second kappa shape index (κ2) is 8.60. The van der Waals surface area contributed by atoms with E-state index in [1.54, 1.807) is 6.20 Å². The van der Waals surface area contributed by atoms with Crippen LogP contribution in [0.4, 0.5) is 5.82 Å². The first-order valence-corrected chi connectivity index (χ1v) is 10.6. The van der Waals surface area contributed by atoms with E-state index in [9.17, 15) is 4.79 Å². The number of nitrogen functional groups attached to an aromatic ring is 1. The van der Waals surface area contributed by atoms with Crippen molar-refractivity contribution in [1.29, 1.82) is 0 Å². The molecule has 11 heteroatoms. The summed E-state index contributed by atoms with van der Waals surface area (Å²) in [6.45, 7) is 4.54. The van der Waals surface area contributed by atoms with Gasteiger partial charge in [0, 0.05) is 43.3 Å². The molecule has 1 fully saturated rings. The Labute approximate surface area is 189 Å². The fourth-order valence-electron chi connectivity index (χ4n) is 3.83. The van der Waals surface area contributed by atoms with Crippen molar-refractivity contribution < 1.29 is 13.9 Å². The van der Waals surface area contributed by atoms with Crippen LogP contribution in [0, 0.1) is 6.92 Å². The molecule has 1 amide bonds. The van der Waals surface area contributed by atoms with Gasteiger partial charge in [0.25, 0.3) is 5.91 Å². The van der Waals surface area contributed by atoms with Crippen LogP contribution >= 0.6 is 0 Å². The molecular formula is C22H24N8O3. The lowest BCUT2D eigenvalue weighted by Gasteiger charge is -2.30. The zero-order valence-electron chi connectivity index (χ0n) is 18.4. The molecule has 5 heterocycles. The number of imidazole rings is 1. The lowest BCUT2D eigenvalue weighted by atomic mass is 10.1. The van der Waals surface area contributed by atoms with Crippen LogP contribution in [0.15, 0.2) is 41.4 Å². The van der Waals surface area contributed by atoms with E-state index in [1.807, 2.05) is 36.7 Å². The standard InChI is InChI=1S/C22H24N8O3/c1-13-9-25-16-4-3-14(11-30(13)16)17-18(22-24-5-7-33-22)28-20(23)19(27-17)21(31)26-10-15-12-29(2)6-8-32-15/h3-5,7,9,11,15H,6,8,10,12H2,1-2H3,(H2,23,28)(H,26,31)/t15-/m1/s1. The van der Waals surface area contributed by atoms with Gasteiger partial charge in [0.2, 0.25) is 5.89 Å². The summed E-state index contributed by atoms with van der Waals surface area (Å²) in [4.78, 5) is 32.7. The molecule has 0 aliphatic carbocycles. The number of rotatable bonds is 5. The molecule has 1 aliphatic heterocycles. The number of hydrogen-bond donors (Lipinski definition) is 2. The first-order chi connectivity index (χ1) is 16.0. The van der Waals surface area contributed by atoms with Crippen molar-refractivity contribution in [3.8, 4) is 22.8 Å². The van der Waals surface area contributed by atoms with E-state index in [0.717, 1.165) is 30.0 Å². The number of ether oxygens (including phenoxy) is 1. The molecule has 33 heavy (non-hydrogen) atoms. The number of pyridine rings is 1. The van der Waals surface area contributed by atoms with Gasteiger partial charge in [0.15, 0.2) is 17.2 Å². The molecule has 0 radical (unpaired) electrons. The molecule has 170 valence electrons. The van der Waals surface area contributed by atoms with Crippen LogP contribution in [0.5, 0.6) is 0 Å². The number of anilines is 1. The number of nitrogens with two attached hydrogens (primary N) is 1. The minimum atomic E-state index is -0.420. The Morgan fingerprint density at radius 1 is 1.27 bits per heavy atom. The molecule has 4 aromatic heterocycles. The van der Waals surface area contributed by atoms with Crippen LogP contribution in [-0.2, 0) is 4.74 Å². The third-order valence-corrected chi connectivity index (χ3v) is 5.57. The van der Waals surface area contributed by atoms with Crippen molar-refractivity contribution >= 4 is 17.4 Å². The lowest BCUT2D eigenvalue weighted by Crippen LogP contribution is -2.46. The predicted octanol–water partition coefficient (Wildman–Crippen LogP) is 1.40. The van der Waals surface area contributed by atoms with E-state index in [2.05, 4.69) is 30.2 Å². The Morgan fingerprint density at radius 2 is 2.15 bits per heavy atom. The average molecular weight is 448 g/mol. The SMILES string of the molecule is Cc1cnc2ccc(-c3nc(C(=O)NC[C@@H]4CN(C)CCO4)c(N)nc3-c3ncco3)cn12. The molecular weight excluding hydrogens is 424 g/mol. The van der Waals surface area contributed by atoms with Crippen LogP contribution in [0.1, 0.15) is 16.2 Å². The maximum atomic E-state index is 13.0. The molecule has 0 bridgehead atoms. The molecule has 0 unspecified atom stereocenters. The third kappa shape index (κ3) is 4.15. The molecule has 11 nitrogen and oxygen atoms in total. The molecule has 4 aromatic rings. The number of hydrogen-bond acceptors (Lipinski definition) is 9. The number of aromatic nitrogens is 5. The number of fused-ring (bicyclic) bond motifs is 1. The van der Waals surface area contributed by atoms with Gasteiger partial charge in [-0.1, -0.05) is 0 Å². The van der Waals surface area contributed by atoms with Gasteiger partial charge < -0.3 is 29.5 Å². The van der Waals surface area contributed by atoms with Gasteiger partial charge >= 0.3 is 0 Å². The Balaban J connectivity index is 1.51. The number of aryl methyl sites for hydroxylation is 1. The lowest BCUT2D eigenvalue weighted by molar-refractivity contribution is -0.0175. The molecule has 0 aromatic carbocycles. The van der Waals surface area contributed by atoms with Crippen molar-refractivity contribution in [2.75, 3.05) is 39.0 Å². The smallest absolute Gasteiger partial charge is 0.273 e. The Hall–Kier alpha value is -3.83. The summed E-state index contributed by atoms with van der Waals surface area (Å²) in [5.74, 6) is -0.166. The fraction of sp³-hybridized carbons (Fsp3) is 0.318. The Morgan fingerprint density at radius 3 is 2.94 bits per heavy atom. The maximum Gasteiger partial charge on any atom is 0.273 e. The minimum absolute atomic E-state index is 0.00831. The topological polar surface area (TPSA) is 137 Å². The monoisotopic (exact) mass is 448 g/mol. The van der Waals surface area contributed by atoms with Crippen LogP contribution in [-0.4, -0.2) is 74.5 Å². The van der Waals surface area contributed by atoms with E-state index in [-0.39, 0.29) is 23.5 Å². The van der Waals surface area contributed by atoms with E-state index in [1.165, 1.54) is 12.5 Å². The van der Waals surface area contributed by atoms with E-state index < -0.39 is 5.91 Å². The van der Waals surface area contributed by atoms with Gasteiger partial charge in [-0.25, -0.2) is 19.9 Å². The summed E-state index contributed by atoms with van der Waals surface area (Å²) >= 11 is 0. The first kappa shape index (κ1) is 21.0. The van der Waals surface area contributed by atoms with Crippen molar-refractivity contribution in [1.82, 2.24) is 34.6 Å². The fourth-order valence-corrected chi connectivity index (χ4v) is 3.83. The van der Waals surface area contributed by atoms with Crippen LogP contribution in [0.3, 0.4) is 0 Å². The van der Waals surface area contributed by atoms with Crippen molar-refractivity contribution in [2.45, 2.75) is 13.0 Å². The highest BCUT2D eigenvalue weighted by molar-refractivity contribution is 5.97. The number of nitrogens with one attached hydrogen (secondary N) is 1. The van der Waals surface area contributed by atoms with Crippen molar-refractivity contribution in [2.24, 2.45) is 0 Å². The average Bonchev–Trinajstić information content (AvgIpc) is 3.47. The number of nitrogens with zero attached hydrogens (tertiary/aromatic N) is 6. The number of carbonyl (C=O) groups excluding carboxylic acids is 1. The molecule has 0 saturated carbocycles. The number of morpholine rings is 1. The zero-order chi connectivity index (χ0) is 22.9. The van der Waals surface area contributed by atoms with Crippen LogP contribution in [0.25, 0.3) is 28.5 Å². The molecule has 1 aliphatic rings. The Kier molecular flexibility index (Phi) is 5.48. The van der Waals surface area contributed by atoms with Crippen LogP contribution in [0.2, 0.25) is 0 Å². The zero-order valence-corrected chi connectivity index (χ0v) is 18.4. The van der Waals surface area contributed by atoms with Gasteiger partial charge in [-0.15, -0.1) is 0 Å². The summed E-state index contributed by atoms with van der Waals surface area (Å²) in [6.07, 6.45) is 6.54. The highest BCUT2D eigenvalue weighted by Gasteiger charge is 2.24. The summed E-state index contributed by atoms with van der Waals surface area (Å²) < 4.78 is 13.1. The van der Waals surface area contributed by atoms with Gasteiger partial charge in [-0.2, -0.15) is 0 Å². The van der Waals surface area contributed by atoms with E-state index >= 15 is 0 Å². The second-order valence-corrected chi connectivity index (χ2v) is 8.00. The number of amides is 1. The summed E-state index contributed by atoms with van der Waals surface area (Å²) in [6, 6.07) is 3.73. The highest BCUT2D eigenvalue weighted by atomic mass is 16.5. The van der Waals surface area contributed by atoms with E-state index in [0.29, 0.717) is 24.5 Å². The molecule has 3 N–H and O–H groups in total. The van der Waals surface area contributed by atoms with Gasteiger partial charge in [0.1, 0.15) is 17.6 Å². The van der Waals surface area contributed by atoms with Gasteiger partial charge in [-0.05, 0) is 26.1 Å². The molecule has 1 atom stereocenters. The van der Waals surface area contributed by atoms with Gasteiger partial charge in [-0.3, -0.25) is 4.79 Å². The highest BCUT2D eigenvalue weighted by Crippen LogP contribution is 2.30. The van der Waals surface area contributed by atoms with Crippen LogP contribution < -0.4 is 11.1 Å². The summed E-state index contributed by atoms with van der Waals surface area (Å²) in [5, 5.41) is 2.87. The minimum Gasteiger partial charge on any atom is -0.443 e. The number of likely N-dealkylation sites (N-methyl/N-ethyl adjacent to an activating group) is 1. The quantitative estimate of drug-likeness (QED) is 0.464. The molecule has 0 spiro atoms. The third-order valence-electron chi connectivity index (χ3n) is 5.57. The van der Waals surface area contributed by atoms with Crippen molar-refractivity contribution in [3.05, 3.63) is 48.4 Å². The largest absolute Gasteiger partial charge is 0.443 e. The van der Waals surface area contributed by atoms with E-state index in [4.69, 9.17) is 14.9 Å². The first-order valence-electron chi connectivity index (χ1n) is 10.6. The van der Waals surface area contributed by atoms with Gasteiger partial charge in [0.05, 0.1) is 18.9 Å². The number of oxazole rings is 1. The summed E-state index contributed by atoms with van der Waals surface area (Å²) in [5.41, 5.74) is 9.44. The second-order valence-electron chi connectivity index (χ2n) is 8.00. The normalized spacial score (nSPS) is 16.8. The Bertz CT molecular complexity index is 1300.